The Hall–Kier alpha value is -2.74. The molecule has 0 atom stereocenters. The van der Waals surface area contributed by atoms with Crippen LogP contribution in [0.5, 0.6) is 0 Å². The van der Waals surface area contributed by atoms with Crippen LogP contribution in [0.4, 0.5) is 11.5 Å². The van der Waals surface area contributed by atoms with Crippen molar-refractivity contribution in [2.75, 3.05) is 23.7 Å². The molecule has 8 heteroatoms. The van der Waals surface area contributed by atoms with E-state index in [4.69, 9.17) is 0 Å². The second-order valence-electron chi connectivity index (χ2n) is 5.10. The van der Waals surface area contributed by atoms with Gasteiger partial charge in [0.25, 0.3) is 5.78 Å². The van der Waals surface area contributed by atoms with Crippen molar-refractivity contribution < 1.29 is 0 Å². The van der Waals surface area contributed by atoms with Gasteiger partial charge in [0.1, 0.15) is 12.1 Å². The van der Waals surface area contributed by atoms with Gasteiger partial charge in [0, 0.05) is 31.0 Å². The second-order valence-corrected chi connectivity index (χ2v) is 6.02. The first kappa shape index (κ1) is 13.9. The van der Waals surface area contributed by atoms with Crippen molar-refractivity contribution in [1.29, 1.82) is 0 Å². The van der Waals surface area contributed by atoms with Crippen LogP contribution >= 0.6 is 11.3 Å². The maximum Gasteiger partial charge on any atom is 0.254 e. The molecule has 7 nitrogen and oxygen atoms in total. The molecule has 0 amide bonds. The van der Waals surface area contributed by atoms with E-state index in [2.05, 4.69) is 36.1 Å². The predicted octanol–water partition coefficient (Wildman–Crippen LogP) is 2.57. The van der Waals surface area contributed by atoms with Crippen molar-refractivity contribution in [1.82, 2.24) is 24.6 Å². The zero-order valence-electron chi connectivity index (χ0n) is 12.5. The number of nitrogens with zero attached hydrogens (tertiary/aromatic N) is 5. The van der Waals surface area contributed by atoms with Crippen molar-refractivity contribution in [3.05, 3.63) is 41.8 Å². The van der Waals surface area contributed by atoms with Gasteiger partial charge < -0.3 is 10.6 Å². The number of rotatable bonds is 5. The number of fused-ring (bicyclic) bond motifs is 2. The van der Waals surface area contributed by atoms with Crippen molar-refractivity contribution in [2.45, 2.75) is 6.92 Å². The molecular formula is C15H15N7S. The molecular weight excluding hydrogens is 310 g/mol. The summed E-state index contributed by atoms with van der Waals surface area (Å²) >= 11 is 1.70. The molecule has 0 radical (unpaired) electrons. The van der Waals surface area contributed by atoms with E-state index < -0.39 is 0 Å². The van der Waals surface area contributed by atoms with Crippen LogP contribution in [0.25, 0.3) is 16.0 Å². The lowest BCUT2D eigenvalue weighted by atomic mass is 10.3. The lowest BCUT2D eigenvalue weighted by Crippen LogP contribution is -2.16. The summed E-state index contributed by atoms with van der Waals surface area (Å²) in [4.78, 5) is 12.8. The van der Waals surface area contributed by atoms with Crippen LogP contribution in [0.2, 0.25) is 0 Å². The van der Waals surface area contributed by atoms with Crippen LogP contribution in [0.15, 0.2) is 36.1 Å². The molecule has 2 N–H and O–H groups in total. The minimum absolute atomic E-state index is 0.606. The van der Waals surface area contributed by atoms with Crippen molar-refractivity contribution in [2.24, 2.45) is 0 Å². The van der Waals surface area contributed by atoms with Gasteiger partial charge in [-0.2, -0.15) is 14.6 Å². The SMILES string of the molecule is Cc1cc(NCCNc2ccnc3ccsc23)n2ncnc2n1. The van der Waals surface area contributed by atoms with Gasteiger partial charge in [0.2, 0.25) is 0 Å². The average molecular weight is 325 g/mol. The zero-order chi connectivity index (χ0) is 15.6. The van der Waals surface area contributed by atoms with Gasteiger partial charge in [0.05, 0.1) is 15.9 Å². The molecule has 0 fully saturated rings. The fourth-order valence-electron chi connectivity index (χ4n) is 2.46. The zero-order valence-corrected chi connectivity index (χ0v) is 13.3. The van der Waals surface area contributed by atoms with E-state index in [0.717, 1.165) is 35.8 Å². The first-order valence-corrected chi connectivity index (χ1v) is 8.16. The average Bonchev–Trinajstić information content (AvgIpc) is 3.19. The first-order valence-electron chi connectivity index (χ1n) is 7.28. The highest BCUT2D eigenvalue weighted by atomic mass is 32.1. The number of hydrogen-bond donors (Lipinski definition) is 2. The molecule has 23 heavy (non-hydrogen) atoms. The third kappa shape index (κ3) is 2.68. The largest absolute Gasteiger partial charge is 0.382 e. The Bertz CT molecular complexity index is 959. The predicted molar refractivity (Wildman–Crippen MR) is 92.1 cm³/mol. The molecule has 4 heterocycles. The Kier molecular flexibility index (Phi) is 3.51. The standard InChI is InChI=1S/C15H15N7S/c1-10-8-13(22-15(21-10)19-9-20-22)18-6-5-17-11-2-4-16-12-3-7-23-14(11)12/h2-4,7-9,18H,5-6H2,1H3,(H,16,17). The molecule has 0 aliphatic heterocycles. The van der Waals surface area contributed by atoms with Crippen molar-refractivity contribution >= 4 is 38.8 Å². The van der Waals surface area contributed by atoms with Crippen LogP contribution in [-0.4, -0.2) is 37.7 Å². The summed E-state index contributed by atoms with van der Waals surface area (Å²) in [6.45, 7) is 3.49. The van der Waals surface area contributed by atoms with E-state index in [9.17, 15) is 0 Å². The van der Waals surface area contributed by atoms with Crippen LogP contribution in [0.3, 0.4) is 0 Å². The number of hydrogen-bond acceptors (Lipinski definition) is 7. The van der Waals surface area contributed by atoms with Gasteiger partial charge in [-0.15, -0.1) is 11.3 Å². The van der Waals surface area contributed by atoms with Gasteiger partial charge in [-0.3, -0.25) is 4.98 Å². The maximum atomic E-state index is 4.34. The summed E-state index contributed by atoms with van der Waals surface area (Å²) < 4.78 is 2.89. The summed E-state index contributed by atoms with van der Waals surface area (Å²) in [5, 5.41) is 13.1. The quantitative estimate of drug-likeness (QED) is 0.549. The molecule has 4 aromatic heterocycles. The lowest BCUT2D eigenvalue weighted by molar-refractivity contribution is 0.915. The number of nitrogens with one attached hydrogen (secondary N) is 2. The van der Waals surface area contributed by atoms with Gasteiger partial charge in [0.15, 0.2) is 0 Å². The van der Waals surface area contributed by atoms with E-state index in [1.54, 1.807) is 15.9 Å². The highest BCUT2D eigenvalue weighted by Gasteiger charge is 2.05. The van der Waals surface area contributed by atoms with E-state index in [0.29, 0.717) is 5.78 Å². The van der Waals surface area contributed by atoms with Crippen LogP contribution < -0.4 is 10.6 Å². The van der Waals surface area contributed by atoms with Crippen LogP contribution in [0, 0.1) is 6.92 Å². The molecule has 4 rings (SSSR count). The molecule has 4 aromatic rings. The Balaban J connectivity index is 1.44. The summed E-state index contributed by atoms with van der Waals surface area (Å²) in [7, 11) is 0. The number of aryl methyl sites for hydroxylation is 1. The molecule has 0 aromatic carbocycles. The Morgan fingerprint density at radius 2 is 2.09 bits per heavy atom. The first-order chi connectivity index (χ1) is 11.3. The highest BCUT2D eigenvalue weighted by Crippen LogP contribution is 2.26. The van der Waals surface area contributed by atoms with Crippen LogP contribution in [-0.2, 0) is 0 Å². The molecule has 0 saturated heterocycles. The second kappa shape index (κ2) is 5.81. The normalized spacial score (nSPS) is 11.2. The number of thiophene rings is 1. The number of pyridine rings is 1. The van der Waals surface area contributed by atoms with Gasteiger partial charge >= 0.3 is 0 Å². The monoisotopic (exact) mass is 325 g/mol. The Labute approximate surface area is 136 Å². The van der Waals surface area contributed by atoms with E-state index in [1.807, 2.05) is 31.3 Å². The third-order valence-corrected chi connectivity index (χ3v) is 4.41. The topological polar surface area (TPSA) is 80.0 Å². The van der Waals surface area contributed by atoms with Crippen LogP contribution in [0.1, 0.15) is 5.69 Å². The Morgan fingerprint density at radius 1 is 1.17 bits per heavy atom. The van der Waals surface area contributed by atoms with E-state index >= 15 is 0 Å². The molecule has 0 bridgehead atoms. The minimum Gasteiger partial charge on any atom is -0.382 e. The highest BCUT2D eigenvalue weighted by molar-refractivity contribution is 7.17. The lowest BCUT2D eigenvalue weighted by Gasteiger charge is -2.10. The van der Waals surface area contributed by atoms with E-state index in [1.165, 1.54) is 11.0 Å². The maximum absolute atomic E-state index is 4.34. The van der Waals surface area contributed by atoms with Crippen molar-refractivity contribution in [3.8, 4) is 0 Å². The molecule has 116 valence electrons. The number of aromatic nitrogens is 5. The van der Waals surface area contributed by atoms with Gasteiger partial charge in [-0.25, -0.2) is 4.98 Å². The molecule has 0 aliphatic carbocycles. The number of anilines is 2. The fourth-order valence-corrected chi connectivity index (χ4v) is 3.30. The smallest absolute Gasteiger partial charge is 0.254 e. The third-order valence-electron chi connectivity index (χ3n) is 3.47. The van der Waals surface area contributed by atoms with Gasteiger partial charge in [-0.1, -0.05) is 0 Å². The minimum atomic E-state index is 0.606. The summed E-state index contributed by atoms with van der Waals surface area (Å²) in [6.07, 6.45) is 3.34. The summed E-state index contributed by atoms with van der Waals surface area (Å²) in [6, 6.07) is 6.00. The van der Waals surface area contributed by atoms with Crippen molar-refractivity contribution in [3.63, 3.8) is 0 Å². The summed E-state index contributed by atoms with van der Waals surface area (Å²) in [5.74, 6) is 1.50. The molecule has 0 aliphatic rings. The Morgan fingerprint density at radius 3 is 3.04 bits per heavy atom. The molecule has 0 saturated carbocycles. The fraction of sp³-hybridized carbons (Fsp3) is 0.200. The summed E-state index contributed by atoms with van der Waals surface area (Å²) in [5.41, 5.74) is 3.06. The van der Waals surface area contributed by atoms with Gasteiger partial charge in [-0.05, 0) is 24.4 Å². The van der Waals surface area contributed by atoms with E-state index in [-0.39, 0.29) is 0 Å². The molecule has 0 spiro atoms. The molecule has 0 unspecified atom stereocenters.